The van der Waals surface area contributed by atoms with E-state index in [1.54, 1.807) is 31.2 Å². The zero-order chi connectivity index (χ0) is 18.6. The third-order valence-electron chi connectivity index (χ3n) is 3.52. The van der Waals surface area contributed by atoms with Crippen LogP contribution in [0.2, 0.25) is 5.02 Å². The molecule has 0 aliphatic heterocycles. The van der Waals surface area contributed by atoms with E-state index in [9.17, 15) is 13.2 Å². The van der Waals surface area contributed by atoms with Crippen LogP contribution in [0.3, 0.4) is 0 Å². The fourth-order valence-corrected chi connectivity index (χ4v) is 4.31. The average molecular weight is 399 g/mol. The summed E-state index contributed by atoms with van der Waals surface area (Å²) in [4.78, 5) is 13.6. The second kappa shape index (κ2) is 8.12. The summed E-state index contributed by atoms with van der Waals surface area (Å²) in [5, 5.41) is 3.19. The molecule has 0 heterocycles. The zero-order valence-corrected chi connectivity index (χ0v) is 16.5. The number of carbonyl (C=O) groups is 1. The van der Waals surface area contributed by atoms with Gasteiger partial charge in [0.2, 0.25) is 15.9 Å². The maximum atomic E-state index is 12.7. The SMILES string of the molecule is CSc1ccccc1NC(=O)[C@@H](C)N(c1cccc(Cl)c1)S(C)(=O)=O. The highest BCUT2D eigenvalue weighted by Gasteiger charge is 2.29. The number of carbonyl (C=O) groups excluding carboxylic acids is 1. The van der Waals surface area contributed by atoms with Gasteiger partial charge in [0, 0.05) is 9.92 Å². The van der Waals surface area contributed by atoms with Crippen molar-refractivity contribution in [2.24, 2.45) is 0 Å². The number of nitrogens with one attached hydrogen (secondary N) is 1. The number of halogens is 1. The summed E-state index contributed by atoms with van der Waals surface area (Å²) in [5.41, 5.74) is 0.988. The number of thioether (sulfide) groups is 1. The molecule has 5 nitrogen and oxygen atoms in total. The maximum Gasteiger partial charge on any atom is 0.248 e. The molecule has 0 fully saturated rings. The molecule has 0 bridgehead atoms. The highest BCUT2D eigenvalue weighted by atomic mass is 35.5. The van der Waals surface area contributed by atoms with Crippen LogP contribution < -0.4 is 9.62 Å². The second-order valence-corrected chi connectivity index (χ2v) is 8.55. The lowest BCUT2D eigenvalue weighted by Crippen LogP contribution is -2.45. The molecule has 2 rings (SSSR count). The molecule has 0 aliphatic carbocycles. The third-order valence-corrected chi connectivity index (χ3v) is 5.79. The normalized spacial score (nSPS) is 12.5. The number of amides is 1. The van der Waals surface area contributed by atoms with Crippen LogP contribution in [0, 0.1) is 0 Å². The lowest BCUT2D eigenvalue weighted by atomic mass is 10.2. The number of nitrogens with zero attached hydrogens (tertiary/aromatic N) is 1. The Morgan fingerprint density at radius 2 is 1.88 bits per heavy atom. The van der Waals surface area contributed by atoms with Crippen LogP contribution in [-0.4, -0.2) is 32.9 Å². The van der Waals surface area contributed by atoms with Crippen molar-refractivity contribution in [1.82, 2.24) is 0 Å². The molecule has 0 unspecified atom stereocenters. The van der Waals surface area contributed by atoms with Crippen molar-refractivity contribution < 1.29 is 13.2 Å². The van der Waals surface area contributed by atoms with Crippen LogP contribution in [0.25, 0.3) is 0 Å². The van der Waals surface area contributed by atoms with Gasteiger partial charge in [-0.2, -0.15) is 0 Å². The molecule has 2 aromatic rings. The molecule has 0 spiro atoms. The smallest absolute Gasteiger partial charge is 0.248 e. The van der Waals surface area contributed by atoms with E-state index in [1.807, 2.05) is 24.5 Å². The van der Waals surface area contributed by atoms with Crippen LogP contribution in [0.1, 0.15) is 6.92 Å². The molecule has 0 radical (unpaired) electrons. The fraction of sp³-hybridized carbons (Fsp3) is 0.235. The first-order chi connectivity index (χ1) is 11.7. The van der Waals surface area contributed by atoms with Gasteiger partial charge >= 0.3 is 0 Å². The molecular formula is C17H19ClN2O3S2. The van der Waals surface area contributed by atoms with Crippen molar-refractivity contribution in [3.63, 3.8) is 0 Å². The van der Waals surface area contributed by atoms with Gasteiger partial charge in [0.25, 0.3) is 0 Å². The van der Waals surface area contributed by atoms with Crippen molar-refractivity contribution in [1.29, 1.82) is 0 Å². The molecule has 1 atom stereocenters. The van der Waals surface area contributed by atoms with Gasteiger partial charge in [0.05, 0.1) is 17.6 Å². The van der Waals surface area contributed by atoms with Gasteiger partial charge in [0.15, 0.2) is 0 Å². The first-order valence-electron chi connectivity index (χ1n) is 7.43. The topological polar surface area (TPSA) is 66.5 Å². The highest BCUT2D eigenvalue weighted by Crippen LogP contribution is 2.27. The van der Waals surface area contributed by atoms with Crippen molar-refractivity contribution in [3.8, 4) is 0 Å². The van der Waals surface area contributed by atoms with Crippen LogP contribution >= 0.6 is 23.4 Å². The number of rotatable bonds is 6. The Kier molecular flexibility index (Phi) is 6.37. The largest absolute Gasteiger partial charge is 0.323 e. The Hall–Kier alpha value is -1.70. The summed E-state index contributed by atoms with van der Waals surface area (Å²) in [5.74, 6) is -0.424. The van der Waals surface area contributed by atoms with E-state index in [1.165, 1.54) is 17.8 Å². The average Bonchev–Trinajstić information content (AvgIpc) is 2.54. The van der Waals surface area contributed by atoms with Gasteiger partial charge in [0.1, 0.15) is 6.04 Å². The van der Waals surface area contributed by atoms with Crippen molar-refractivity contribution in [2.75, 3.05) is 22.1 Å². The van der Waals surface area contributed by atoms with E-state index >= 15 is 0 Å². The predicted molar refractivity (Wildman–Crippen MR) is 105 cm³/mol. The number of benzene rings is 2. The van der Waals surface area contributed by atoms with Crippen LogP contribution in [-0.2, 0) is 14.8 Å². The van der Waals surface area contributed by atoms with E-state index in [0.717, 1.165) is 15.5 Å². The minimum absolute atomic E-state index is 0.343. The van der Waals surface area contributed by atoms with E-state index in [4.69, 9.17) is 11.6 Å². The van der Waals surface area contributed by atoms with Crippen LogP contribution in [0.4, 0.5) is 11.4 Å². The Balaban J connectivity index is 2.33. The fourth-order valence-electron chi connectivity index (χ4n) is 2.41. The second-order valence-electron chi connectivity index (χ2n) is 5.40. The van der Waals surface area contributed by atoms with Gasteiger partial charge < -0.3 is 5.32 Å². The molecule has 0 aliphatic rings. The van der Waals surface area contributed by atoms with Gasteiger partial charge in [-0.3, -0.25) is 9.10 Å². The van der Waals surface area contributed by atoms with E-state index in [0.29, 0.717) is 16.4 Å². The molecule has 25 heavy (non-hydrogen) atoms. The summed E-state index contributed by atoms with van der Waals surface area (Å²) < 4.78 is 25.6. The van der Waals surface area contributed by atoms with Crippen molar-refractivity contribution >= 4 is 50.7 Å². The van der Waals surface area contributed by atoms with Crippen LogP contribution in [0.15, 0.2) is 53.4 Å². The number of anilines is 2. The summed E-state index contributed by atoms with van der Waals surface area (Å²) in [6, 6.07) is 12.8. The Morgan fingerprint density at radius 1 is 1.20 bits per heavy atom. The number of para-hydroxylation sites is 1. The Bertz CT molecular complexity index is 872. The minimum atomic E-state index is -3.68. The molecule has 0 saturated heterocycles. The molecule has 8 heteroatoms. The highest BCUT2D eigenvalue weighted by molar-refractivity contribution is 7.98. The van der Waals surface area contributed by atoms with Crippen molar-refractivity contribution in [2.45, 2.75) is 17.9 Å². The minimum Gasteiger partial charge on any atom is -0.323 e. The molecule has 0 saturated carbocycles. The number of hydrogen-bond donors (Lipinski definition) is 1. The van der Waals surface area contributed by atoms with E-state index in [2.05, 4.69) is 5.32 Å². The summed E-state index contributed by atoms with van der Waals surface area (Å²) in [6.07, 6.45) is 2.97. The maximum absolute atomic E-state index is 12.7. The zero-order valence-electron chi connectivity index (χ0n) is 14.1. The first-order valence-corrected chi connectivity index (χ1v) is 10.9. The summed E-state index contributed by atoms with van der Waals surface area (Å²) in [6.45, 7) is 1.54. The predicted octanol–water partition coefficient (Wildman–Crippen LogP) is 3.86. The van der Waals surface area contributed by atoms with Gasteiger partial charge in [-0.15, -0.1) is 11.8 Å². The standard InChI is InChI=1S/C17H19ClN2O3S2/c1-12(17(21)19-15-9-4-5-10-16(15)24-2)20(25(3,22)23)14-8-6-7-13(18)11-14/h4-12H,1-3H3,(H,19,21)/t12-/m1/s1. The van der Waals surface area contributed by atoms with Gasteiger partial charge in [-0.25, -0.2) is 8.42 Å². The molecular weight excluding hydrogens is 380 g/mol. The summed E-state index contributed by atoms with van der Waals surface area (Å²) in [7, 11) is -3.68. The summed E-state index contributed by atoms with van der Waals surface area (Å²) >= 11 is 7.47. The molecule has 134 valence electrons. The monoisotopic (exact) mass is 398 g/mol. The first kappa shape index (κ1) is 19.6. The third kappa shape index (κ3) is 4.90. The molecule has 1 N–H and O–H groups in total. The van der Waals surface area contributed by atoms with Gasteiger partial charge in [-0.1, -0.05) is 29.8 Å². The Morgan fingerprint density at radius 3 is 2.48 bits per heavy atom. The number of sulfonamides is 1. The van der Waals surface area contributed by atoms with Gasteiger partial charge in [-0.05, 0) is 43.5 Å². The lowest BCUT2D eigenvalue weighted by Gasteiger charge is -2.28. The van der Waals surface area contributed by atoms with Crippen molar-refractivity contribution in [3.05, 3.63) is 53.6 Å². The van der Waals surface area contributed by atoms with Crippen LogP contribution in [0.5, 0.6) is 0 Å². The molecule has 2 aromatic carbocycles. The quantitative estimate of drug-likeness (QED) is 0.750. The number of hydrogen-bond acceptors (Lipinski definition) is 4. The molecule has 0 aromatic heterocycles. The lowest BCUT2D eigenvalue weighted by molar-refractivity contribution is -0.116. The van der Waals surface area contributed by atoms with E-state index in [-0.39, 0.29) is 0 Å². The Labute approximate surface area is 157 Å². The molecule has 1 amide bonds. The van der Waals surface area contributed by atoms with E-state index < -0.39 is 22.0 Å².